The molecule has 18 heavy (non-hydrogen) atoms. The lowest BCUT2D eigenvalue weighted by Crippen LogP contribution is -2.30. The van der Waals surface area contributed by atoms with Gasteiger partial charge in [-0.05, 0) is 31.0 Å². The molecule has 0 saturated heterocycles. The molecule has 0 bridgehead atoms. The Kier molecular flexibility index (Phi) is 6.39. The maximum absolute atomic E-state index is 10.9. The molecule has 4 heteroatoms. The van der Waals surface area contributed by atoms with E-state index in [1.165, 1.54) is 18.2 Å². The maximum atomic E-state index is 10.9. The molecule has 0 amide bonds. The van der Waals surface area contributed by atoms with Gasteiger partial charge in [0.25, 0.3) is 0 Å². The van der Waals surface area contributed by atoms with Gasteiger partial charge in [-0.15, -0.1) is 0 Å². The Morgan fingerprint density at radius 2 is 2.17 bits per heavy atom. The molecule has 0 aliphatic rings. The Morgan fingerprint density at radius 3 is 2.83 bits per heavy atom. The van der Waals surface area contributed by atoms with Gasteiger partial charge in [0.2, 0.25) is 0 Å². The molecule has 1 aromatic carbocycles. The quantitative estimate of drug-likeness (QED) is 0.562. The van der Waals surface area contributed by atoms with Crippen molar-refractivity contribution in [1.82, 2.24) is 5.32 Å². The molecule has 0 aliphatic heterocycles. The van der Waals surface area contributed by atoms with Gasteiger partial charge in [0.1, 0.15) is 0 Å². The highest BCUT2D eigenvalue weighted by atomic mass is 16.5. The fraction of sp³-hybridized carbons (Fsp3) is 0.500. The van der Waals surface area contributed by atoms with Crippen molar-refractivity contribution in [1.29, 1.82) is 0 Å². The van der Waals surface area contributed by atoms with Crippen molar-refractivity contribution < 1.29 is 14.6 Å². The number of rotatable bonds is 7. The Bertz CT molecular complexity index is 379. The van der Waals surface area contributed by atoms with Crippen LogP contribution >= 0.6 is 0 Å². The zero-order chi connectivity index (χ0) is 13.4. The molecular weight excluding hydrogens is 230 g/mol. The predicted molar refractivity (Wildman–Crippen MR) is 70.4 cm³/mol. The topological polar surface area (TPSA) is 58.6 Å². The molecule has 2 N–H and O–H groups in total. The number of methoxy groups -OCH3 is 1. The summed E-state index contributed by atoms with van der Waals surface area (Å²) in [7, 11) is 1.32. The number of nitrogens with one attached hydrogen (secondary N) is 1. The Morgan fingerprint density at radius 1 is 1.44 bits per heavy atom. The van der Waals surface area contributed by atoms with Gasteiger partial charge in [0, 0.05) is 6.54 Å². The number of esters is 1. The molecule has 0 heterocycles. The zero-order valence-electron chi connectivity index (χ0n) is 11.0. The number of hydrogen-bond donors (Lipinski definition) is 2. The van der Waals surface area contributed by atoms with Gasteiger partial charge in [-0.3, -0.25) is 4.79 Å². The van der Waals surface area contributed by atoms with E-state index in [-0.39, 0.29) is 12.4 Å². The number of carbonyl (C=O) groups is 1. The molecule has 1 atom stereocenters. The van der Waals surface area contributed by atoms with E-state index in [0.29, 0.717) is 6.54 Å². The van der Waals surface area contributed by atoms with E-state index in [4.69, 9.17) is 0 Å². The molecule has 0 aromatic heterocycles. The fourth-order valence-corrected chi connectivity index (χ4v) is 1.73. The Labute approximate surface area is 108 Å². The van der Waals surface area contributed by atoms with Crippen molar-refractivity contribution in [2.24, 2.45) is 0 Å². The molecule has 100 valence electrons. The van der Waals surface area contributed by atoms with Crippen LogP contribution in [0.4, 0.5) is 0 Å². The summed E-state index contributed by atoms with van der Waals surface area (Å²) in [5, 5.41) is 12.7. The van der Waals surface area contributed by atoms with Crippen molar-refractivity contribution in [2.75, 3.05) is 20.2 Å². The first-order valence-electron chi connectivity index (χ1n) is 6.13. The van der Waals surface area contributed by atoms with Crippen molar-refractivity contribution in [3.63, 3.8) is 0 Å². The number of benzene rings is 1. The first kappa shape index (κ1) is 14.7. The van der Waals surface area contributed by atoms with E-state index in [9.17, 15) is 9.90 Å². The summed E-state index contributed by atoms with van der Waals surface area (Å²) in [6, 6.07) is 8.23. The maximum Gasteiger partial charge on any atom is 0.308 e. The number of aliphatic hydroxyl groups is 1. The average Bonchev–Trinajstić information content (AvgIpc) is 2.36. The van der Waals surface area contributed by atoms with E-state index in [2.05, 4.69) is 29.1 Å². The normalized spacial score (nSPS) is 12.2. The summed E-state index contributed by atoms with van der Waals surface area (Å²) in [4.78, 5) is 10.9. The summed E-state index contributed by atoms with van der Waals surface area (Å²) in [6.07, 6.45) is 0.264. The lowest BCUT2D eigenvalue weighted by Gasteiger charge is -2.11. The van der Waals surface area contributed by atoms with E-state index >= 15 is 0 Å². The highest BCUT2D eigenvalue weighted by Crippen LogP contribution is 2.06. The Hall–Kier alpha value is -1.39. The number of hydrogen-bond acceptors (Lipinski definition) is 4. The summed E-state index contributed by atoms with van der Waals surface area (Å²) in [6.45, 7) is 3.27. The number of aryl methyl sites for hydroxylation is 1. The predicted octanol–water partition coefficient (Wildman–Crippen LogP) is 1.05. The zero-order valence-corrected chi connectivity index (χ0v) is 11.0. The standard InChI is InChI=1S/C14H21NO3/c1-11-5-3-4-6-12(11)7-8-15-10-13(16)9-14(17)18-2/h3-6,13,15-16H,7-10H2,1-2H3. The van der Waals surface area contributed by atoms with Crippen LogP contribution in [0.1, 0.15) is 17.5 Å². The lowest BCUT2D eigenvalue weighted by molar-refractivity contribution is -0.142. The minimum Gasteiger partial charge on any atom is -0.469 e. The fourth-order valence-electron chi connectivity index (χ4n) is 1.73. The average molecular weight is 251 g/mol. The van der Waals surface area contributed by atoms with Crippen LogP contribution in [0, 0.1) is 6.92 Å². The summed E-state index contributed by atoms with van der Waals surface area (Å²) in [5.74, 6) is -0.386. The third-order valence-corrected chi connectivity index (χ3v) is 2.84. The molecule has 0 saturated carbocycles. The van der Waals surface area contributed by atoms with Crippen LogP contribution in [0.15, 0.2) is 24.3 Å². The van der Waals surface area contributed by atoms with Crippen molar-refractivity contribution in [3.05, 3.63) is 35.4 Å². The summed E-state index contributed by atoms with van der Waals surface area (Å²) in [5.41, 5.74) is 2.57. The summed E-state index contributed by atoms with van der Waals surface area (Å²) >= 11 is 0. The SMILES string of the molecule is COC(=O)CC(O)CNCCc1ccccc1C. The van der Waals surface area contributed by atoms with E-state index < -0.39 is 6.10 Å². The molecule has 1 unspecified atom stereocenters. The van der Waals surface area contributed by atoms with Crippen LogP contribution in [0.5, 0.6) is 0 Å². The van der Waals surface area contributed by atoms with Gasteiger partial charge in [-0.2, -0.15) is 0 Å². The smallest absolute Gasteiger partial charge is 0.308 e. The third-order valence-electron chi connectivity index (χ3n) is 2.84. The monoisotopic (exact) mass is 251 g/mol. The lowest BCUT2D eigenvalue weighted by atomic mass is 10.1. The number of carbonyl (C=O) groups excluding carboxylic acids is 1. The largest absolute Gasteiger partial charge is 0.469 e. The minimum absolute atomic E-state index is 0.0356. The number of ether oxygens (including phenoxy) is 1. The van der Waals surface area contributed by atoms with Crippen LogP contribution in [-0.2, 0) is 16.0 Å². The van der Waals surface area contributed by atoms with Gasteiger partial charge < -0.3 is 15.2 Å². The van der Waals surface area contributed by atoms with Crippen LogP contribution < -0.4 is 5.32 Å². The molecule has 1 aromatic rings. The van der Waals surface area contributed by atoms with Gasteiger partial charge in [0.05, 0.1) is 19.6 Å². The van der Waals surface area contributed by atoms with Crippen LogP contribution in [0.2, 0.25) is 0 Å². The van der Waals surface area contributed by atoms with E-state index in [0.717, 1.165) is 13.0 Å². The second kappa shape index (κ2) is 7.84. The van der Waals surface area contributed by atoms with Gasteiger partial charge in [0.15, 0.2) is 0 Å². The van der Waals surface area contributed by atoms with Crippen molar-refractivity contribution >= 4 is 5.97 Å². The molecule has 0 radical (unpaired) electrons. The first-order valence-corrected chi connectivity index (χ1v) is 6.13. The minimum atomic E-state index is -0.686. The van der Waals surface area contributed by atoms with E-state index in [1.807, 2.05) is 12.1 Å². The van der Waals surface area contributed by atoms with Crippen LogP contribution in [0.3, 0.4) is 0 Å². The van der Waals surface area contributed by atoms with E-state index in [1.54, 1.807) is 0 Å². The highest BCUT2D eigenvalue weighted by Gasteiger charge is 2.10. The highest BCUT2D eigenvalue weighted by molar-refractivity contribution is 5.69. The van der Waals surface area contributed by atoms with Gasteiger partial charge in [-0.1, -0.05) is 24.3 Å². The molecule has 1 rings (SSSR count). The first-order chi connectivity index (χ1) is 8.63. The summed E-state index contributed by atoms with van der Waals surface area (Å²) < 4.78 is 4.49. The van der Waals surface area contributed by atoms with Gasteiger partial charge >= 0.3 is 5.97 Å². The molecular formula is C14H21NO3. The van der Waals surface area contributed by atoms with Crippen molar-refractivity contribution in [2.45, 2.75) is 25.9 Å². The molecule has 0 fully saturated rings. The van der Waals surface area contributed by atoms with Crippen LogP contribution in [-0.4, -0.2) is 37.4 Å². The second-order valence-electron chi connectivity index (χ2n) is 4.31. The van der Waals surface area contributed by atoms with Crippen LogP contribution in [0.25, 0.3) is 0 Å². The Balaban J connectivity index is 2.19. The number of aliphatic hydroxyl groups excluding tert-OH is 1. The second-order valence-corrected chi connectivity index (χ2v) is 4.31. The van der Waals surface area contributed by atoms with Crippen molar-refractivity contribution in [3.8, 4) is 0 Å². The van der Waals surface area contributed by atoms with Gasteiger partial charge in [-0.25, -0.2) is 0 Å². The third kappa shape index (κ3) is 5.29. The molecule has 0 spiro atoms. The molecule has 4 nitrogen and oxygen atoms in total. The molecule has 0 aliphatic carbocycles.